The quantitative estimate of drug-likeness (QED) is 0.110. The van der Waals surface area contributed by atoms with E-state index in [4.69, 9.17) is 26.7 Å². The number of aryl methyl sites for hydroxylation is 1. The van der Waals surface area contributed by atoms with Gasteiger partial charge in [-0.05, 0) is 67.6 Å². The van der Waals surface area contributed by atoms with E-state index in [0.717, 1.165) is 26.9 Å². The third kappa shape index (κ3) is 7.05. The minimum absolute atomic E-state index is 0.122. The number of halogens is 2. The Hall–Kier alpha value is -3.04. The van der Waals surface area contributed by atoms with E-state index in [1.807, 2.05) is 37.3 Å². The lowest BCUT2D eigenvalue weighted by Crippen LogP contribution is -2.26. The number of alkyl halides is 1. The third-order valence-electron chi connectivity index (χ3n) is 6.15. The number of aromatic nitrogens is 2. The SMILES string of the molecule is C[C@@H](NC(=O)c1ccc2nc(-c3ccc(CI)cc3)c(CCCCC(=O)O)nc2c1)c1ccc(Cl)cc1. The van der Waals surface area contributed by atoms with Crippen LogP contribution in [0.5, 0.6) is 0 Å². The van der Waals surface area contributed by atoms with Crippen molar-refractivity contribution in [3.05, 3.63) is 94.1 Å². The average Bonchev–Trinajstić information content (AvgIpc) is 2.90. The summed E-state index contributed by atoms with van der Waals surface area (Å²) in [4.78, 5) is 33.8. The minimum Gasteiger partial charge on any atom is -0.481 e. The van der Waals surface area contributed by atoms with Crippen LogP contribution in [0.15, 0.2) is 66.7 Å². The Kier molecular flexibility index (Phi) is 9.10. The molecule has 4 rings (SSSR count). The predicted octanol–water partition coefficient (Wildman–Crippen LogP) is 7.17. The van der Waals surface area contributed by atoms with Gasteiger partial charge in [0.2, 0.25) is 0 Å². The van der Waals surface area contributed by atoms with Crippen molar-refractivity contribution in [3.8, 4) is 11.3 Å². The number of hydrogen-bond donors (Lipinski definition) is 2. The summed E-state index contributed by atoms with van der Waals surface area (Å²) in [6.07, 6.45) is 1.97. The van der Waals surface area contributed by atoms with Crippen LogP contribution in [0.3, 0.4) is 0 Å². The van der Waals surface area contributed by atoms with Crippen molar-refractivity contribution in [3.63, 3.8) is 0 Å². The van der Waals surface area contributed by atoms with Gasteiger partial charge in [0.1, 0.15) is 0 Å². The van der Waals surface area contributed by atoms with Gasteiger partial charge < -0.3 is 10.4 Å². The Morgan fingerprint density at radius 1 is 0.973 bits per heavy atom. The van der Waals surface area contributed by atoms with Crippen LogP contribution in [-0.2, 0) is 15.6 Å². The molecule has 0 saturated carbocycles. The summed E-state index contributed by atoms with van der Waals surface area (Å²) in [5, 5.41) is 12.7. The molecule has 8 heteroatoms. The molecule has 0 radical (unpaired) electrons. The van der Waals surface area contributed by atoms with Crippen molar-refractivity contribution in [2.75, 3.05) is 0 Å². The zero-order valence-electron chi connectivity index (χ0n) is 20.4. The van der Waals surface area contributed by atoms with Crippen LogP contribution in [0.4, 0.5) is 0 Å². The fraction of sp³-hybridized carbons (Fsp3) is 0.241. The van der Waals surface area contributed by atoms with E-state index in [-0.39, 0.29) is 18.4 Å². The zero-order valence-corrected chi connectivity index (χ0v) is 23.3. The highest BCUT2D eigenvalue weighted by Gasteiger charge is 2.16. The van der Waals surface area contributed by atoms with E-state index in [1.165, 1.54) is 5.56 Å². The molecule has 190 valence electrons. The molecule has 1 aromatic heterocycles. The number of carboxylic acid groups (broad SMARTS) is 1. The van der Waals surface area contributed by atoms with Crippen molar-refractivity contribution in [2.24, 2.45) is 0 Å². The van der Waals surface area contributed by atoms with Crippen molar-refractivity contribution < 1.29 is 14.7 Å². The highest BCUT2D eigenvalue weighted by atomic mass is 127. The average molecular weight is 628 g/mol. The molecule has 4 aromatic rings. The second-order valence-electron chi connectivity index (χ2n) is 8.90. The lowest BCUT2D eigenvalue weighted by Gasteiger charge is -2.15. The molecule has 3 aromatic carbocycles. The number of nitrogens with zero attached hydrogens (tertiary/aromatic N) is 2. The summed E-state index contributed by atoms with van der Waals surface area (Å²) < 4.78 is 0.922. The van der Waals surface area contributed by atoms with Crippen LogP contribution in [0.25, 0.3) is 22.3 Å². The van der Waals surface area contributed by atoms with Gasteiger partial charge in [-0.25, -0.2) is 9.97 Å². The maximum atomic E-state index is 13.0. The van der Waals surface area contributed by atoms with Gasteiger partial charge in [0.05, 0.1) is 28.5 Å². The largest absolute Gasteiger partial charge is 0.481 e. The monoisotopic (exact) mass is 627 g/mol. The third-order valence-corrected chi connectivity index (χ3v) is 7.28. The number of nitrogens with one attached hydrogen (secondary N) is 1. The number of aliphatic carboxylic acids is 1. The number of amides is 1. The van der Waals surface area contributed by atoms with E-state index >= 15 is 0 Å². The van der Waals surface area contributed by atoms with Crippen LogP contribution in [0.1, 0.15) is 59.4 Å². The number of unbranched alkanes of at least 4 members (excludes halogenated alkanes) is 1. The molecule has 0 aliphatic heterocycles. The van der Waals surface area contributed by atoms with E-state index in [1.54, 1.807) is 24.3 Å². The molecular formula is C29H27ClIN3O3. The number of carbonyl (C=O) groups is 2. The summed E-state index contributed by atoms with van der Waals surface area (Å²) in [5.74, 6) is -1.00. The Labute approximate surface area is 234 Å². The molecule has 37 heavy (non-hydrogen) atoms. The van der Waals surface area contributed by atoms with E-state index in [9.17, 15) is 9.59 Å². The first kappa shape index (κ1) is 27.0. The topological polar surface area (TPSA) is 92.2 Å². The highest BCUT2D eigenvalue weighted by molar-refractivity contribution is 14.1. The number of benzene rings is 3. The Bertz CT molecular complexity index is 1410. The molecule has 2 N–H and O–H groups in total. The predicted molar refractivity (Wildman–Crippen MR) is 155 cm³/mol. The second-order valence-corrected chi connectivity index (χ2v) is 10.1. The normalized spacial score (nSPS) is 11.9. The molecule has 0 spiro atoms. The molecule has 1 heterocycles. The maximum Gasteiger partial charge on any atom is 0.303 e. The van der Waals surface area contributed by atoms with Gasteiger partial charge in [0.25, 0.3) is 5.91 Å². The highest BCUT2D eigenvalue weighted by Crippen LogP contribution is 2.26. The van der Waals surface area contributed by atoms with E-state index in [0.29, 0.717) is 40.9 Å². The maximum absolute atomic E-state index is 13.0. The molecule has 0 fully saturated rings. The summed E-state index contributed by atoms with van der Waals surface area (Å²) >= 11 is 8.31. The number of rotatable bonds is 10. The van der Waals surface area contributed by atoms with Crippen LogP contribution < -0.4 is 5.32 Å². The number of fused-ring (bicyclic) bond motifs is 1. The lowest BCUT2D eigenvalue weighted by molar-refractivity contribution is -0.137. The van der Waals surface area contributed by atoms with Crippen molar-refractivity contribution in [1.29, 1.82) is 0 Å². The lowest BCUT2D eigenvalue weighted by atomic mass is 10.0. The summed E-state index contributed by atoms with van der Waals surface area (Å²) in [5.41, 5.74) is 6.57. The van der Waals surface area contributed by atoms with Crippen LogP contribution >= 0.6 is 34.2 Å². The Balaban J connectivity index is 1.62. The fourth-order valence-corrected chi connectivity index (χ4v) is 4.71. The van der Waals surface area contributed by atoms with Gasteiger partial charge >= 0.3 is 5.97 Å². The molecule has 6 nitrogen and oxygen atoms in total. The molecule has 0 aliphatic rings. The van der Waals surface area contributed by atoms with Gasteiger partial charge in [-0.1, -0.05) is 70.6 Å². The zero-order chi connectivity index (χ0) is 26.4. The Morgan fingerprint density at radius 3 is 2.38 bits per heavy atom. The van der Waals surface area contributed by atoms with Gasteiger partial charge in [-0.15, -0.1) is 0 Å². The minimum atomic E-state index is -0.803. The van der Waals surface area contributed by atoms with E-state index in [2.05, 4.69) is 40.0 Å². The van der Waals surface area contributed by atoms with Gasteiger partial charge in [0, 0.05) is 27.0 Å². The van der Waals surface area contributed by atoms with Crippen molar-refractivity contribution in [1.82, 2.24) is 15.3 Å². The van der Waals surface area contributed by atoms with Crippen molar-refractivity contribution in [2.45, 2.75) is 43.1 Å². The first-order valence-electron chi connectivity index (χ1n) is 12.1. The summed E-state index contributed by atoms with van der Waals surface area (Å²) in [6.45, 7) is 1.92. The molecule has 1 atom stereocenters. The fourth-order valence-electron chi connectivity index (χ4n) is 4.07. The molecular weight excluding hydrogens is 601 g/mol. The van der Waals surface area contributed by atoms with Crippen molar-refractivity contribution >= 4 is 57.1 Å². The standard InChI is InChI=1S/C29H27ClIN3O3/c1-18(20-10-13-23(30)14-11-20)32-29(37)22-12-15-24-26(16-22)33-25(4-2-3-5-27(35)36)28(34-24)21-8-6-19(17-31)7-9-21/h6-16,18H,2-5,17H2,1H3,(H,32,37)(H,35,36)/t18-/m1/s1. The van der Waals surface area contributed by atoms with Crippen LogP contribution in [0.2, 0.25) is 5.02 Å². The van der Waals surface area contributed by atoms with Gasteiger partial charge in [0.15, 0.2) is 0 Å². The molecule has 0 unspecified atom stereocenters. The van der Waals surface area contributed by atoms with Gasteiger partial charge in [-0.2, -0.15) is 0 Å². The van der Waals surface area contributed by atoms with Crippen LogP contribution in [-0.4, -0.2) is 27.0 Å². The molecule has 0 aliphatic carbocycles. The smallest absolute Gasteiger partial charge is 0.303 e. The molecule has 0 saturated heterocycles. The van der Waals surface area contributed by atoms with Gasteiger partial charge in [-0.3, -0.25) is 9.59 Å². The Morgan fingerprint density at radius 2 is 1.70 bits per heavy atom. The molecule has 0 bridgehead atoms. The number of hydrogen-bond acceptors (Lipinski definition) is 4. The second kappa shape index (κ2) is 12.5. The first-order valence-corrected chi connectivity index (χ1v) is 14.0. The van der Waals surface area contributed by atoms with E-state index < -0.39 is 5.97 Å². The van der Waals surface area contributed by atoms with Crippen LogP contribution in [0, 0.1) is 0 Å². The first-order chi connectivity index (χ1) is 17.8. The summed E-state index contributed by atoms with van der Waals surface area (Å²) in [6, 6.07) is 20.8. The molecule has 1 amide bonds. The number of carboxylic acids is 1. The summed E-state index contributed by atoms with van der Waals surface area (Å²) in [7, 11) is 0. The number of carbonyl (C=O) groups excluding carboxylic acids is 1.